The number of ether oxygens (including phenoxy) is 1. The molecule has 1 unspecified atom stereocenters. The van der Waals surface area contributed by atoms with E-state index in [2.05, 4.69) is 31.8 Å². The van der Waals surface area contributed by atoms with Crippen LogP contribution in [-0.2, 0) is 4.79 Å². The number of amides is 2. The third-order valence-corrected chi connectivity index (χ3v) is 4.37. The number of hydrazine groups is 1. The number of carbonyl (C=O) groups excluding carboxylic acids is 2. The molecule has 0 saturated carbocycles. The number of benzene rings is 1. The van der Waals surface area contributed by atoms with Crippen LogP contribution in [0.4, 0.5) is 0 Å². The largest absolute Gasteiger partial charge is 0.481 e. The molecule has 1 aromatic carbocycles. The summed E-state index contributed by atoms with van der Waals surface area (Å²) in [7, 11) is 0. The highest BCUT2D eigenvalue weighted by Crippen LogP contribution is 2.19. The zero-order valence-corrected chi connectivity index (χ0v) is 16.2. The maximum Gasteiger partial charge on any atom is 0.279 e. The van der Waals surface area contributed by atoms with E-state index < -0.39 is 17.9 Å². The van der Waals surface area contributed by atoms with E-state index >= 15 is 0 Å². The van der Waals surface area contributed by atoms with Crippen molar-refractivity contribution in [3.05, 3.63) is 52.6 Å². The number of nitrogens with one attached hydrogen (secondary N) is 2. The number of carbonyl (C=O) groups is 2. The van der Waals surface area contributed by atoms with Crippen LogP contribution in [0, 0.1) is 0 Å². The molecule has 1 heterocycles. The lowest BCUT2D eigenvalue weighted by molar-refractivity contribution is -0.128. The summed E-state index contributed by atoms with van der Waals surface area (Å²) in [5.41, 5.74) is 5.17. The number of rotatable bonds is 6. The maximum atomic E-state index is 12.1. The van der Waals surface area contributed by atoms with E-state index in [9.17, 15) is 9.59 Å². The highest BCUT2D eigenvalue weighted by molar-refractivity contribution is 9.10. The van der Waals surface area contributed by atoms with Crippen molar-refractivity contribution in [3.8, 4) is 5.75 Å². The van der Waals surface area contributed by atoms with Gasteiger partial charge in [0, 0.05) is 16.2 Å². The van der Waals surface area contributed by atoms with Crippen molar-refractivity contribution in [1.82, 2.24) is 15.8 Å². The van der Waals surface area contributed by atoms with Gasteiger partial charge < -0.3 is 4.74 Å². The Labute approximate surface area is 158 Å². The molecular formula is C17H18BrN3O3S. The zero-order chi connectivity index (χ0) is 18.2. The molecule has 0 fully saturated rings. The van der Waals surface area contributed by atoms with Gasteiger partial charge in [0.05, 0.1) is 5.03 Å². The molecule has 0 aliphatic carbocycles. The van der Waals surface area contributed by atoms with Gasteiger partial charge >= 0.3 is 0 Å². The zero-order valence-electron chi connectivity index (χ0n) is 13.8. The fraction of sp³-hybridized carbons (Fsp3) is 0.235. The number of thioether (sulfide) groups is 1. The fourth-order valence-corrected chi connectivity index (χ4v) is 2.89. The first-order valence-corrected chi connectivity index (χ1v) is 9.38. The van der Waals surface area contributed by atoms with Gasteiger partial charge in [0.1, 0.15) is 5.75 Å². The molecule has 0 aliphatic rings. The lowest BCUT2D eigenvalue weighted by Crippen LogP contribution is -2.47. The minimum atomic E-state index is -0.766. The van der Waals surface area contributed by atoms with Crippen LogP contribution in [0.1, 0.15) is 24.2 Å². The summed E-state index contributed by atoms with van der Waals surface area (Å²) in [6, 6.07) is 10.4. The third-order valence-electron chi connectivity index (χ3n) is 3.07. The van der Waals surface area contributed by atoms with Crippen LogP contribution < -0.4 is 15.6 Å². The molecule has 2 rings (SSSR count). The Morgan fingerprint density at radius 2 is 2.08 bits per heavy atom. The Hall–Kier alpha value is -2.06. The van der Waals surface area contributed by atoms with Crippen molar-refractivity contribution in [2.75, 3.05) is 5.75 Å². The van der Waals surface area contributed by atoms with Crippen LogP contribution >= 0.6 is 27.7 Å². The second-order valence-electron chi connectivity index (χ2n) is 4.98. The molecule has 25 heavy (non-hydrogen) atoms. The average molecular weight is 424 g/mol. The number of halogens is 1. The molecule has 0 spiro atoms. The number of aromatic nitrogens is 1. The first-order chi connectivity index (χ1) is 12.0. The summed E-state index contributed by atoms with van der Waals surface area (Å²) in [5.74, 6) is 0.548. The molecule has 8 heteroatoms. The van der Waals surface area contributed by atoms with E-state index in [-0.39, 0.29) is 0 Å². The SMILES string of the molecule is CCSc1cc(C(=O)NNC(=O)C(C)Oc2cccc(Br)c2)ccn1. The fourth-order valence-electron chi connectivity index (χ4n) is 1.87. The van der Waals surface area contributed by atoms with Gasteiger partial charge in [0.25, 0.3) is 11.8 Å². The number of nitrogens with zero attached hydrogens (tertiary/aromatic N) is 1. The molecule has 1 aromatic heterocycles. The molecule has 0 radical (unpaired) electrons. The van der Waals surface area contributed by atoms with E-state index in [0.29, 0.717) is 11.3 Å². The van der Waals surface area contributed by atoms with Gasteiger partial charge in [-0.3, -0.25) is 20.4 Å². The second kappa shape index (κ2) is 9.43. The molecule has 2 N–H and O–H groups in total. The summed E-state index contributed by atoms with van der Waals surface area (Å²) >= 11 is 4.87. The molecule has 0 bridgehead atoms. The summed E-state index contributed by atoms with van der Waals surface area (Å²) in [5, 5.41) is 0.757. The lowest BCUT2D eigenvalue weighted by atomic mass is 10.2. The Morgan fingerprint density at radius 3 is 2.80 bits per heavy atom. The molecule has 0 saturated heterocycles. The molecule has 1 atom stereocenters. The monoisotopic (exact) mass is 423 g/mol. The summed E-state index contributed by atoms with van der Waals surface area (Å²) in [6.45, 7) is 3.61. The summed E-state index contributed by atoms with van der Waals surface area (Å²) in [6.07, 6.45) is 0.798. The van der Waals surface area contributed by atoms with Crippen LogP contribution in [0.5, 0.6) is 5.75 Å². The van der Waals surface area contributed by atoms with Gasteiger partial charge in [-0.15, -0.1) is 11.8 Å². The minimum Gasteiger partial charge on any atom is -0.481 e. The van der Waals surface area contributed by atoms with E-state index in [1.165, 1.54) is 11.8 Å². The predicted molar refractivity (Wildman–Crippen MR) is 100 cm³/mol. The van der Waals surface area contributed by atoms with E-state index in [1.807, 2.05) is 13.0 Å². The van der Waals surface area contributed by atoms with Crippen LogP contribution in [0.25, 0.3) is 0 Å². The van der Waals surface area contributed by atoms with Gasteiger partial charge in [-0.05, 0) is 43.0 Å². The van der Waals surface area contributed by atoms with Crippen molar-refractivity contribution >= 4 is 39.5 Å². The van der Waals surface area contributed by atoms with Crippen LogP contribution in [0.2, 0.25) is 0 Å². The summed E-state index contributed by atoms with van der Waals surface area (Å²) in [4.78, 5) is 28.3. The molecule has 0 aliphatic heterocycles. The third kappa shape index (κ3) is 6.06. The van der Waals surface area contributed by atoms with Gasteiger partial charge in [0.2, 0.25) is 0 Å². The Balaban J connectivity index is 1.88. The maximum absolute atomic E-state index is 12.1. The van der Waals surface area contributed by atoms with Crippen molar-refractivity contribution in [2.45, 2.75) is 25.0 Å². The van der Waals surface area contributed by atoms with Crippen molar-refractivity contribution in [2.24, 2.45) is 0 Å². The highest BCUT2D eigenvalue weighted by Gasteiger charge is 2.16. The van der Waals surface area contributed by atoms with Crippen LogP contribution in [0.3, 0.4) is 0 Å². The Bertz CT molecular complexity index is 757. The molecular weight excluding hydrogens is 406 g/mol. The minimum absolute atomic E-state index is 0.414. The first-order valence-electron chi connectivity index (χ1n) is 7.61. The van der Waals surface area contributed by atoms with E-state index in [1.54, 1.807) is 43.5 Å². The second-order valence-corrected chi connectivity index (χ2v) is 7.18. The quantitative estimate of drug-likeness (QED) is 0.550. The number of pyridine rings is 1. The smallest absolute Gasteiger partial charge is 0.279 e. The average Bonchev–Trinajstić information content (AvgIpc) is 2.60. The van der Waals surface area contributed by atoms with Gasteiger partial charge in [-0.1, -0.05) is 28.9 Å². The number of hydrogen-bond donors (Lipinski definition) is 2. The van der Waals surface area contributed by atoms with Gasteiger partial charge in [0.15, 0.2) is 6.10 Å². The highest BCUT2D eigenvalue weighted by atomic mass is 79.9. The normalized spacial score (nSPS) is 11.5. The van der Waals surface area contributed by atoms with Crippen molar-refractivity contribution in [1.29, 1.82) is 0 Å². The van der Waals surface area contributed by atoms with Crippen LogP contribution in [-0.4, -0.2) is 28.7 Å². The first kappa shape index (κ1) is 19.3. The van der Waals surface area contributed by atoms with Crippen molar-refractivity contribution in [3.63, 3.8) is 0 Å². The summed E-state index contributed by atoms with van der Waals surface area (Å²) < 4.78 is 6.39. The predicted octanol–water partition coefficient (Wildman–Crippen LogP) is 3.18. The van der Waals surface area contributed by atoms with E-state index in [0.717, 1.165) is 15.3 Å². The van der Waals surface area contributed by atoms with Gasteiger partial charge in [-0.2, -0.15) is 0 Å². The lowest BCUT2D eigenvalue weighted by Gasteiger charge is -2.15. The van der Waals surface area contributed by atoms with Crippen LogP contribution in [0.15, 0.2) is 52.1 Å². The number of hydrogen-bond acceptors (Lipinski definition) is 5. The van der Waals surface area contributed by atoms with Gasteiger partial charge in [-0.25, -0.2) is 4.98 Å². The molecule has 6 nitrogen and oxygen atoms in total. The Morgan fingerprint density at radius 1 is 1.28 bits per heavy atom. The molecule has 2 aromatic rings. The standard InChI is InChI=1S/C17H18BrN3O3S/c1-3-25-15-9-12(7-8-19-15)17(23)21-20-16(22)11(2)24-14-6-4-5-13(18)10-14/h4-11H,3H2,1-2H3,(H,20,22)(H,21,23). The Kier molecular flexibility index (Phi) is 7.27. The molecule has 132 valence electrons. The van der Waals surface area contributed by atoms with Crippen molar-refractivity contribution < 1.29 is 14.3 Å². The van der Waals surface area contributed by atoms with E-state index in [4.69, 9.17) is 4.74 Å². The topological polar surface area (TPSA) is 80.3 Å². The molecule has 2 amide bonds.